The number of fused-ring (bicyclic) bond motifs is 1. The lowest BCUT2D eigenvalue weighted by Gasteiger charge is -2.06. The monoisotopic (exact) mass is 448 g/mol. The highest BCUT2D eigenvalue weighted by molar-refractivity contribution is 9.11. The van der Waals surface area contributed by atoms with Gasteiger partial charge >= 0.3 is 12.5 Å². The molecule has 0 radical (unpaired) electrons. The van der Waals surface area contributed by atoms with E-state index in [4.69, 9.17) is 0 Å². The van der Waals surface area contributed by atoms with Gasteiger partial charge in [-0.15, -0.1) is 0 Å². The second-order valence-corrected chi connectivity index (χ2v) is 6.94. The number of aromatic nitrogens is 4. The van der Waals surface area contributed by atoms with Gasteiger partial charge in [-0.05, 0) is 22.0 Å². The summed E-state index contributed by atoms with van der Waals surface area (Å²) in [7, 11) is -6.00. The highest BCUT2D eigenvalue weighted by Crippen LogP contribution is 2.24. The lowest BCUT2D eigenvalue weighted by Crippen LogP contribution is -2.62. The molecule has 0 atom stereocenters. The quantitative estimate of drug-likeness (QED) is 0.269. The molecule has 1 aromatic carbocycles. The van der Waals surface area contributed by atoms with Crippen LogP contribution in [0.3, 0.4) is 0 Å². The summed E-state index contributed by atoms with van der Waals surface area (Å²) in [6.07, 6.45) is 0. The average molecular weight is 450 g/mol. The van der Waals surface area contributed by atoms with Gasteiger partial charge in [-0.2, -0.15) is 0 Å². The molecule has 0 aliphatic heterocycles. The highest BCUT2D eigenvalue weighted by Gasteiger charge is 2.32. The second-order valence-electron chi connectivity index (χ2n) is 5.17. The van der Waals surface area contributed by atoms with Crippen LogP contribution in [0.25, 0.3) is 11.0 Å². The van der Waals surface area contributed by atoms with Gasteiger partial charge in [0.25, 0.3) is 5.52 Å². The fraction of sp³-hybridized carbons (Fsp3) is 0.400. The van der Waals surface area contributed by atoms with Crippen LogP contribution in [0.4, 0.5) is 17.3 Å². The summed E-state index contributed by atoms with van der Waals surface area (Å²) in [5.74, 6) is 0. The van der Waals surface area contributed by atoms with E-state index < -0.39 is 7.25 Å². The van der Waals surface area contributed by atoms with Crippen molar-refractivity contribution in [2.75, 3.05) is 0 Å². The van der Waals surface area contributed by atoms with Crippen molar-refractivity contribution in [3.63, 3.8) is 0 Å². The Morgan fingerprint density at radius 3 is 2.09 bits per heavy atom. The molecule has 0 saturated carbocycles. The summed E-state index contributed by atoms with van der Waals surface area (Å²) in [5, 5.41) is 20.1. The number of nitrogens with zero attached hydrogens (tertiary/aromatic N) is 4. The Labute approximate surface area is 140 Å². The molecule has 5 nitrogen and oxygen atoms in total. The van der Waals surface area contributed by atoms with Crippen molar-refractivity contribution in [2.24, 2.45) is 0 Å². The first-order chi connectivity index (χ1) is 9.79. The lowest BCUT2D eigenvalue weighted by atomic mass is 10.1. The van der Waals surface area contributed by atoms with Gasteiger partial charge in [0.05, 0.1) is 9.27 Å². The first kappa shape index (κ1) is 19.0. The molecular weight excluding hydrogens is 439 g/mol. The third-order valence-corrected chi connectivity index (χ3v) is 3.24. The Bertz CT molecular complexity index is 687. The summed E-state index contributed by atoms with van der Waals surface area (Å²) >= 11 is 6.73. The number of halogens is 6. The van der Waals surface area contributed by atoms with Crippen molar-refractivity contribution in [3.05, 3.63) is 26.3 Å². The van der Waals surface area contributed by atoms with Crippen LogP contribution in [-0.2, 0) is 5.54 Å². The third kappa shape index (κ3) is 5.63. The Morgan fingerprint density at radius 2 is 1.64 bits per heavy atom. The summed E-state index contributed by atoms with van der Waals surface area (Å²) in [4.78, 5) is 2.00. The molecule has 0 amide bonds. The largest absolute Gasteiger partial charge is 0.673 e. The van der Waals surface area contributed by atoms with E-state index in [-0.39, 0.29) is 5.54 Å². The van der Waals surface area contributed by atoms with E-state index in [9.17, 15) is 22.5 Å². The molecule has 0 aliphatic carbocycles. The summed E-state index contributed by atoms with van der Waals surface area (Å²) in [5.41, 5.74) is 0.673. The third-order valence-electron chi connectivity index (χ3n) is 2.17. The molecule has 22 heavy (non-hydrogen) atoms. The van der Waals surface area contributed by atoms with Gasteiger partial charge in [-0.3, -0.25) is 0 Å². The molecule has 1 aromatic heterocycles. The van der Waals surface area contributed by atoms with Gasteiger partial charge in [0.15, 0.2) is 0 Å². The number of benzene rings is 1. The van der Waals surface area contributed by atoms with Crippen LogP contribution in [0.5, 0.6) is 0 Å². The number of rotatable bonds is 0. The number of hydrogen-bond donors (Lipinski definition) is 0. The van der Waals surface area contributed by atoms with Crippen molar-refractivity contribution in [1.82, 2.24) is 10.3 Å². The SMILES string of the molecule is CC(C)(C)[n+]1nc2c(Br)cc(Br)cc2[n+]([O-])n1.F[B-](F)(F)F. The van der Waals surface area contributed by atoms with Crippen molar-refractivity contribution in [1.29, 1.82) is 0 Å². The van der Waals surface area contributed by atoms with E-state index in [0.717, 1.165) is 8.95 Å². The Balaban J connectivity index is 0.000000422. The van der Waals surface area contributed by atoms with Crippen LogP contribution in [0, 0.1) is 5.21 Å². The van der Waals surface area contributed by atoms with E-state index in [1.54, 1.807) is 6.07 Å². The van der Waals surface area contributed by atoms with Gasteiger partial charge in [-0.25, -0.2) is 0 Å². The normalized spacial score (nSPS) is 12.0. The van der Waals surface area contributed by atoms with Crippen LogP contribution in [0.2, 0.25) is 0 Å². The molecule has 0 fully saturated rings. The van der Waals surface area contributed by atoms with Gasteiger partial charge < -0.3 is 22.5 Å². The molecule has 2 rings (SSSR count). The lowest BCUT2D eigenvalue weighted by molar-refractivity contribution is -0.941. The first-order valence-corrected chi connectivity index (χ1v) is 7.44. The van der Waals surface area contributed by atoms with Crippen LogP contribution in [-0.4, -0.2) is 17.6 Å². The first-order valence-electron chi connectivity index (χ1n) is 5.86. The second kappa shape index (κ2) is 6.61. The van der Waals surface area contributed by atoms with Crippen LogP contribution in [0.15, 0.2) is 21.1 Å². The smallest absolute Gasteiger partial charge is 0.590 e. The van der Waals surface area contributed by atoms with Crippen molar-refractivity contribution >= 4 is 50.1 Å². The summed E-state index contributed by atoms with van der Waals surface area (Å²) in [6, 6.07) is 3.54. The molecule has 0 spiro atoms. The standard InChI is InChI=1S/C10H11Br2N4O.BF4/c1-10(2,3)16-13-9-7(12)4-6(11)5-8(9)15(17)14-16;2-1(3,4)5/h4-5H,1-3H3;/q+1;-1. The molecule has 1 heterocycles. The van der Waals surface area contributed by atoms with Crippen molar-refractivity contribution in [2.45, 2.75) is 26.3 Å². The highest BCUT2D eigenvalue weighted by atomic mass is 79.9. The fourth-order valence-electron chi connectivity index (χ4n) is 1.32. The zero-order valence-corrected chi connectivity index (χ0v) is 14.9. The molecule has 0 aliphatic rings. The minimum atomic E-state index is -6.00. The number of hydrogen-bond acceptors (Lipinski definition) is 3. The molecule has 2 aromatic rings. The maximum atomic E-state index is 11.9. The van der Waals surface area contributed by atoms with E-state index in [1.165, 1.54) is 4.80 Å². The molecule has 0 bridgehead atoms. The van der Waals surface area contributed by atoms with Gasteiger partial charge in [0.2, 0.25) is 11.1 Å². The van der Waals surface area contributed by atoms with E-state index in [2.05, 4.69) is 42.2 Å². The van der Waals surface area contributed by atoms with Crippen LogP contribution >= 0.6 is 31.9 Å². The van der Waals surface area contributed by atoms with E-state index in [0.29, 0.717) is 15.9 Å². The van der Waals surface area contributed by atoms with E-state index >= 15 is 0 Å². The minimum Gasteiger partial charge on any atom is -0.590 e. The zero-order chi connectivity index (χ0) is 17.3. The topological polar surface area (TPSA) is 56.6 Å². The molecule has 12 heteroatoms. The molecule has 122 valence electrons. The fourth-order valence-corrected chi connectivity index (χ4v) is 2.60. The minimum absolute atomic E-state index is 0.340. The van der Waals surface area contributed by atoms with Gasteiger partial charge in [-0.1, -0.05) is 15.9 Å². The predicted octanol–water partition coefficient (Wildman–Crippen LogP) is 3.13. The average Bonchev–Trinajstić information content (AvgIpc) is 2.26. The molecule has 0 unspecified atom stereocenters. The predicted molar refractivity (Wildman–Crippen MR) is 79.3 cm³/mol. The molecular formula is C10H11BBr2F4N4O. The summed E-state index contributed by atoms with van der Waals surface area (Å²) < 4.78 is 40.6. The van der Waals surface area contributed by atoms with Crippen LogP contribution in [0.1, 0.15) is 20.8 Å². The maximum Gasteiger partial charge on any atom is 0.673 e. The molecule has 0 N–H and O–H groups in total. The zero-order valence-electron chi connectivity index (χ0n) is 11.7. The van der Waals surface area contributed by atoms with Crippen molar-refractivity contribution < 1.29 is 26.9 Å². The van der Waals surface area contributed by atoms with Gasteiger partial charge in [0, 0.05) is 41.3 Å². The maximum absolute atomic E-state index is 11.9. The van der Waals surface area contributed by atoms with Gasteiger partial charge in [0.1, 0.15) is 0 Å². The Hall–Kier alpha value is -1.04. The van der Waals surface area contributed by atoms with E-state index in [1.807, 2.05) is 26.8 Å². The van der Waals surface area contributed by atoms with Crippen LogP contribution < -0.4 is 9.64 Å². The Morgan fingerprint density at radius 1 is 1.14 bits per heavy atom. The molecule has 0 saturated heterocycles. The Kier molecular flexibility index (Phi) is 5.71. The summed E-state index contributed by atoms with van der Waals surface area (Å²) in [6.45, 7) is 5.81. The van der Waals surface area contributed by atoms with Crippen molar-refractivity contribution in [3.8, 4) is 0 Å².